The molecule has 0 bridgehead atoms. The van der Waals surface area contributed by atoms with Gasteiger partial charge in [0.05, 0.1) is 5.69 Å². The number of rotatable bonds is 3. The smallest absolute Gasteiger partial charge is 0.255 e. The monoisotopic (exact) mass is 275 g/mol. The van der Waals surface area contributed by atoms with Crippen molar-refractivity contribution in [3.63, 3.8) is 0 Å². The molecular formula is C15H14FNOS. The van der Waals surface area contributed by atoms with Crippen molar-refractivity contribution >= 4 is 12.6 Å². The Morgan fingerprint density at radius 3 is 2.42 bits per heavy atom. The summed E-state index contributed by atoms with van der Waals surface area (Å²) in [5.74, 6) is 0.172. The lowest BCUT2D eigenvalue weighted by Gasteiger charge is -2.13. The summed E-state index contributed by atoms with van der Waals surface area (Å²) < 4.78 is 14.8. The van der Waals surface area contributed by atoms with Crippen LogP contribution in [0.1, 0.15) is 24.4 Å². The number of hydrogen-bond donors (Lipinski definition) is 1. The summed E-state index contributed by atoms with van der Waals surface area (Å²) in [5, 5.41) is 0. The molecule has 0 amide bonds. The molecule has 98 valence electrons. The Kier molecular flexibility index (Phi) is 3.19. The van der Waals surface area contributed by atoms with Crippen LogP contribution in [0, 0.1) is 5.82 Å². The summed E-state index contributed by atoms with van der Waals surface area (Å²) in [6.07, 6.45) is 2.06. The first-order valence-corrected chi connectivity index (χ1v) is 6.95. The van der Waals surface area contributed by atoms with Gasteiger partial charge in [-0.2, -0.15) is 12.6 Å². The molecule has 3 rings (SSSR count). The van der Waals surface area contributed by atoms with Crippen LogP contribution in [-0.4, -0.2) is 4.57 Å². The van der Waals surface area contributed by atoms with Crippen LogP contribution in [0.15, 0.2) is 41.2 Å². The predicted octanol–water partition coefficient (Wildman–Crippen LogP) is 3.42. The van der Waals surface area contributed by atoms with Gasteiger partial charge in [0, 0.05) is 17.4 Å². The first-order chi connectivity index (χ1) is 9.20. The number of halogens is 1. The molecule has 1 aromatic heterocycles. The summed E-state index contributed by atoms with van der Waals surface area (Å²) in [6.45, 7) is 0. The highest BCUT2D eigenvalue weighted by Crippen LogP contribution is 2.37. The fourth-order valence-corrected chi connectivity index (χ4v) is 2.51. The Morgan fingerprint density at radius 1 is 1.16 bits per heavy atom. The molecule has 0 atom stereocenters. The van der Waals surface area contributed by atoms with Crippen LogP contribution in [0.4, 0.5) is 4.39 Å². The Morgan fingerprint density at radius 2 is 1.84 bits per heavy atom. The molecule has 1 saturated carbocycles. The van der Waals surface area contributed by atoms with Crippen molar-refractivity contribution in [1.29, 1.82) is 0 Å². The molecule has 1 aromatic carbocycles. The third-order valence-electron chi connectivity index (χ3n) is 3.42. The molecule has 19 heavy (non-hydrogen) atoms. The minimum Gasteiger partial charge on any atom is -0.305 e. The lowest BCUT2D eigenvalue weighted by atomic mass is 10.1. The van der Waals surface area contributed by atoms with E-state index in [4.69, 9.17) is 0 Å². The van der Waals surface area contributed by atoms with Gasteiger partial charge in [-0.25, -0.2) is 4.39 Å². The van der Waals surface area contributed by atoms with E-state index in [1.807, 2.05) is 16.7 Å². The van der Waals surface area contributed by atoms with Crippen LogP contribution in [0.25, 0.3) is 11.3 Å². The topological polar surface area (TPSA) is 22.0 Å². The number of thiol groups is 1. The summed E-state index contributed by atoms with van der Waals surface area (Å²) >= 11 is 4.19. The number of hydrogen-bond acceptors (Lipinski definition) is 2. The minimum absolute atomic E-state index is 0.0272. The van der Waals surface area contributed by atoms with Crippen molar-refractivity contribution in [2.24, 2.45) is 0 Å². The largest absolute Gasteiger partial charge is 0.305 e. The number of pyridine rings is 1. The van der Waals surface area contributed by atoms with Gasteiger partial charge in [-0.3, -0.25) is 4.79 Å². The van der Waals surface area contributed by atoms with E-state index in [1.54, 1.807) is 12.1 Å². The molecule has 0 N–H and O–H groups in total. The first kappa shape index (κ1) is 12.5. The highest BCUT2D eigenvalue weighted by Gasteiger charge is 2.27. The van der Waals surface area contributed by atoms with Gasteiger partial charge in [-0.1, -0.05) is 6.07 Å². The highest BCUT2D eigenvalue weighted by atomic mass is 32.1. The molecule has 4 heteroatoms. The van der Waals surface area contributed by atoms with Gasteiger partial charge in [-0.05, 0) is 48.7 Å². The molecule has 2 nitrogen and oxygen atoms in total. The van der Waals surface area contributed by atoms with E-state index in [0.29, 0.717) is 11.3 Å². The maximum atomic E-state index is 13.0. The van der Waals surface area contributed by atoms with Crippen molar-refractivity contribution in [2.45, 2.75) is 24.6 Å². The van der Waals surface area contributed by atoms with Gasteiger partial charge < -0.3 is 4.57 Å². The molecule has 1 fully saturated rings. The Balaban J connectivity index is 2.18. The summed E-state index contributed by atoms with van der Waals surface area (Å²) in [5.41, 5.74) is 2.47. The number of aromatic nitrogens is 1. The van der Waals surface area contributed by atoms with Crippen LogP contribution >= 0.6 is 12.6 Å². The fraction of sp³-hybridized carbons (Fsp3) is 0.267. The van der Waals surface area contributed by atoms with Gasteiger partial charge in [0.15, 0.2) is 0 Å². The maximum absolute atomic E-state index is 13.0. The van der Waals surface area contributed by atoms with Crippen molar-refractivity contribution in [1.82, 2.24) is 4.57 Å². The SMILES string of the molecule is O=c1c(CS)ccc(-c2ccc(F)cc2)n1C1CC1. The second-order valence-electron chi connectivity index (χ2n) is 4.82. The zero-order chi connectivity index (χ0) is 13.4. The van der Waals surface area contributed by atoms with Crippen molar-refractivity contribution in [3.8, 4) is 11.3 Å². The van der Waals surface area contributed by atoms with E-state index in [1.165, 1.54) is 12.1 Å². The lowest BCUT2D eigenvalue weighted by molar-refractivity contribution is 0.628. The predicted molar refractivity (Wildman–Crippen MR) is 77.1 cm³/mol. The van der Waals surface area contributed by atoms with Gasteiger partial charge in [-0.15, -0.1) is 0 Å². The van der Waals surface area contributed by atoms with Gasteiger partial charge in [0.1, 0.15) is 5.82 Å². The molecular weight excluding hydrogens is 261 g/mol. The fourth-order valence-electron chi connectivity index (χ4n) is 2.27. The lowest BCUT2D eigenvalue weighted by Crippen LogP contribution is -2.23. The van der Waals surface area contributed by atoms with E-state index in [-0.39, 0.29) is 17.4 Å². The maximum Gasteiger partial charge on any atom is 0.255 e. The van der Waals surface area contributed by atoms with E-state index in [9.17, 15) is 9.18 Å². The van der Waals surface area contributed by atoms with Crippen LogP contribution in [-0.2, 0) is 5.75 Å². The average molecular weight is 275 g/mol. The second kappa shape index (κ2) is 4.85. The molecule has 0 spiro atoms. The van der Waals surface area contributed by atoms with Gasteiger partial charge in [0.2, 0.25) is 0 Å². The van der Waals surface area contributed by atoms with Crippen LogP contribution in [0.2, 0.25) is 0 Å². The van der Waals surface area contributed by atoms with E-state index < -0.39 is 0 Å². The molecule has 1 aliphatic carbocycles. The third-order valence-corrected chi connectivity index (χ3v) is 3.76. The molecule has 2 aromatic rings. The Bertz CT molecular complexity index is 659. The van der Waals surface area contributed by atoms with E-state index >= 15 is 0 Å². The van der Waals surface area contributed by atoms with Crippen molar-refractivity contribution in [2.75, 3.05) is 0 Å². The summed E-state index contributed by atoms with van der Waals surface area (Å²) in [6, 6.07) is 10.3. The Labute approximate surface area is 116 Å². The number of nitrogens with zero attached hydrogens (tertiary/aromatic N) is 1. The van der Waals surface area contributed by atoms with Crippen molar-refractivity contribution < 1.29 is 4.39 Å². The zero-order valence-electron chi connectivity index (χ0n) is 10.3. The first-order valence-electron chi connectivity index (χ1n) is 6.32. The molecule has 1 heterocycles. The van der Waals surface area contributed by atoms with E-state index in [2.05, 4.69) is 12.6 Å². The molecule has 0 unspecified atom stereocenters. The minimum atomic E-state index is -0.268. The van der Waals surface area contributed by atoms with E-state index in [0.717, 1.165) is 24.1 Å². The quantitative estimate of drug-likeness (QED) is 0.852. The number of benzene rings is 1. The summed E-state index contributed by atoms with van der Waals surface area (Å²) in [4.78, 5) is 12.4. The molecule has 1 aliphatic rings. The normalized spacial score (nSPS) is 14.6. The molecule has 0 aliphatic heterocycles. The molecule has 0 saturated heterocycles. The molecule has 0 radical (unpaired) electrons. The summed E-state index contributed by atoms with van der Waals surface area (Å²) in [7, 11) is 0. The Hall–Kier alpha value is -1.55. The standard InChI is InChI=1S/C15H14FNOS/c16-12-4-1-10(2-5-12)14-8-3-11(9-19)15(18)17(14)13-6-7-13/h1-5,8,13,19H,6-7,9H2. The van der Waals surface area contributed by atoms with Crippen LogP contribution < -0.4 is 5.56 Å². The zero-order valence-corrected chi connectivity index (χ0v) is 11.2. The van der Waals surface area contributed by atoms with Crippen molar-refractivity contribution in [3.05, 3.63) is 58.1 Å². The van der Waals surface area contributed by atoms with Crippen LogP contribution in [0.5, 0.6) is 0 Å². The van der Waals surface area contributed by atoms with Gasteiger partial charge >= 0.3 is 0 Å². The van der Waals surface area contributed by atoms with Crippen LogP contribution in [0.3, 0.4) is 0 Å². The van der Waals surface area contributed by atoms with Gasteiger partial charge in [0.25, 0.3) is 5.56 Å². The second-order valence-corrected chi connectivity index (χ2v) is 5.13. The average Bonchev–Trinajstić information content (AvgIpc) is 3.23. The third kappa shape index (κ3) is 2.32. The highest BCUT2D eigenvalue weighted by molar-refractivity contribution is 7.79.